The standard InChI is InChI=1S/C14H19N3O3.ClH/c1-9-10(13(18)15-2)4-3-5-11(9)17-14(19)12-8-16-6-7-20-12;/h3-5,12,16H,6-8H2,1-2H3,(H,15,18)(H,17,19);1H. The van der Waals surface area contributed by atoms with Gasteiger partial charge in [-0.05, 0) is 24.6 Å². The number of rotatable bonds is 3. The van der Waals surface area contributed by atoms with E-state index in [9.17, 15) is 9.59 Å². The van der Waals surface area contributed by atoms with Crippen LogP contribution in [0, 0.1) is 6.92 Å². The summed E-state index contributed by atoms with van der Waals surface area (Å²) in [5, 5.41) is 8.50. The normalized spacial score (nSPS) is 17.5. The number of anilines is 1. The van der Waals surface area contributed by atoms with Crippen molar-refractivity contribution >= 4 is 29.9 Å². The highest BCUT2D eigenvalue weighted by molar-refractivity contribution is 6.00. The van der Waals surface area contributed by atoms with Crippen LogP contribution in [0.3, 0.4) is 0 Å². The zero-order valence-corrected chi connectivity index (χ0v) is 12.9. The van der Waals surface area contributed by atoms with Crippen LogP contribution in [0.15, 0.2) is 18.2 Å². The Balaban J connectivity index is 0.00000220. The predicted molar refractivity (Wildman–Crippen MR) is 83.1 cm³/mol. The maximum atomic E-state index is 12.1. The van der Waals surface area contributed by atoms with E-state index in [1.54, 1.807) is 32.2 Å². The Labute approximate surface area is 130 Å². The van der Waals surface area contributed by atoms with Crippen LogP contribution >= 0.6 is 12.4 Å². The van der Waals surface area contributed by atoms with Crippen LogP contribution < -0.4 is 16.0 Å². The van der Waals surface area contributed by atoms with Gasteiger partial charge in [0.1, 0.15) is 6.10 Å². The van der Waals surface area contributed by atoms with Crippen molar-refractivity contribution in [3.63, 3.8) is 0 Å². The first kappa shape index (κ1) is 17.4. The monoisotopic (exact) mass is 313 g/mol. The average molecular weight is 314 g/mol. The fourth-order valence-corrected chi connectivity index (χ4v) is 2.10. The number of benzene rings is 1. The zero-order valence-electron chi connectivity index (χ0n) is 12.1. The Hall–Kier alpha value is -1.63. The Morgan fingerprint density at radius 3 is 2.76 bits per heavy atom. The third-order valence-corrected chi connectivity index (χ3v) is 3.28. The van der Waals surface area contributed by atoms with E-state index in [2.05, 4.69) is 16.0 Å². The maximum Gasteiger partial charge on any atom is 0.254 e. The van der Waals surface area contributed by atoms with Crippen LogP contribution in [0.4, 0.5) is 5.69 Å². The molecule has 1 saturated heterocycles. The molecule has 116 valence electrons. The Morgan fingerprint density at radius 2 is 2.14 bits per heavy atom. The minimum Gasteiger partial charge on any atom is -0.366 e. The molecule has 1 heterocycles. The molecule has 0 spiro atoms. The van der Waals surface area contributed by atoms with Gasteiger partial charge in [-0.3, -0.25) is 9.59 Å². The Kier molecular flexibility index (Phi) is 6.61. The molecular weight excluding hydrogens is 294 g/mol. The smallest absolute Gasteiger partial charge is 0.254 e. The van der Waals surface area contributed by atoms with E-state index in [1.165, 1.54) is 0 Å². The second-order valence-corrected chi connectivity index (χ2v) is 4.61. The minimum absolute atomic E-state index is 0. The summed E-state index contributed by atoms with van der Waals surface area (Å²) in [4.78, 5) is 23.8. The lowest BCUT2D eigenvalue weighted by atomic mass is 10.1. The maximum absolute atomic E-state index is 12.1. The zero-order chi connectivity index (χ0) is 14.5. The summed E-state index contributed by atoms with van der Waals surface area (Å²) in [5.41, 5.74) is 1.92. The molecule has 1 unspecified atom stereocenters. The van der Waals surface area contributed by atoms with Gasteiger partial charge in [-0.2, -0.15) is 0 Å². The number of carbonyl (C=O) groups excluding carboxylic acids is 2. The number of amides is 2. The molecule has 1 aromatic carbocycles. The Bertz CT molecular complexity index is 516. The topological polar surface area (TPSA) is 79.5 Å². The molecule has 2 rings (SSSR count). The van der Waals surface area contributed by atoms with Crippen LogP contribution in [-0.4, -0.2) is 44.7 Å². The molecule has 2 amide bonds. The molecule has 0 aliphatic carbocycles. The van der Waals surface area contributed by atoms with Crippen molar-refractivity contribution in [2.75, 3.05) is 32.1 Å². The largest absolute Gasteiger partial charge is 0.366 e. The van der Waals surface area contributed by atoms with Gasteiger partial charge in [-0.25, -0.2) is 0 Å². The van der Waals surface area contributed by atoms with Crippen molar-refractivity contribution in [3.8, 4) is 0 Å². The van der Waals surface area contributed by atoms with Crippen molar-refractivity contribution in [1.29, 1.82) is 0 Å². The van der Waals surface area contributed by atoms with E-state index < -0.39 is 6.10 Å². The lowest BCUT2D eigenvalue weighted by Gasteiger charge is -2.23. The molecule has 0 aromatic heterocycles. The third kappa shape index (κ3) is 4.17. The summed E-state index contributed by atoms with van der Waals surface area (Å²) < 4.78 is 5.40. The van der Waals surface area contributed by atoms with Crippen LogP contribution in [0.2, 0.25) is 0 Å². The summed E-state index contributed by atoms with van der Waals surface area (Å²) in [6.45, 7) is 3.59. The highest BCUT2D eigenvalue weighted by Crippen LogP contribution is 2.19. The van der Waals surface area contributed by atoms with Crippen molar-refractivity contribution in [2.24, 2.45) is 0 Å². The molecule has 1 aromatic rings. The average Bonchev–Trinajstić information content (AvgIpc) is 2.49. The molecule has 1 aliphatic heterocycles. The van der Waals surface area contributed by atoms with Gasteiger partial charge in [-0.1, -0.05) is 6.07 Å². The van der Waals surface area contributed by atoms with E-state index in [0.717, 1.165) is 12.1 Å². The first-order chi connectivity index (χ1) is 9.63. The molecule has 1 aliphatic rings. The number of hydrogen-bond acceptors (Lipinski definition) is 4. The quantitative estimate of drug-likeness (QED) is 0.767. The first-order valence-electron chi connectivity index (χ1n) is 6.58. The number of halogens is 1. The summed E-state index contributed by atoms with van der Waals surface area (Å²) in [5.74, 6) is -0.372. The van der Waals surface area contributed by atoms with Crippen LogP contribution in [0.5, 0.6) is 0 Å². The van der Waals surface area contributed by atoms with Crippen molar-refractivity contribution in [3.05, 3.63) is 29.3 Å². The molecule has 1 atom stereocenters. The fourth-order valence-electron chi connectivity index (χ4n) is 2.10. The molecular formula is C14H20ClN3O3. The molecule has 0 saturated carbocycles. The number of carbonyl (C=O) groups is 2. The van der Waals surface area contributed by atoms with Gasteiger partial charge in [0, 0.05) is 31.4 Å². The van der Waals surface area contributed by atoms with E-state index in [0.29, 0.717) is 24.4 Å². The summed E-state index contributed by atoms with van der Waals surface area (Å²) in [7, 11) is 1.58. The van der Waals surface area contributed by atoms with Crippen molar-refractivity contribution in [1.82, 2.24) is 10.6 Å². The van der Waals surface area contributed by atoms with Crippen LogP contribution in [-0.2, 0) is 9.53 Å². The van der Waals surface area contributed by atoms with Crippen LogP contribution in [0.25, 0.3) is 0 Å². The number of morpholine rings is 1. The lowest BCUT2D eigenvalue weighted by Crippen LogP contribution is -2.45. The lowest BCUT2D eigenvalue weighted by molar-refractivity contribution is -0.128. The van der Waals surface area contributed by atoms with E-state index in [4.69, 9.17) is 4.74 Å². The second kappa shape index (κ2) is 7.97. The number of ether oxygens (including phenoxy) is 1. The molecule has 6 nitrogen and oxygen atoms in total. The highest BCUT2D eigenvalue weighted by Gasteiger charge is 2.22. The fraction of sp³-hybridized carbons (Fsp3) is 0.429. The molecule has 7 heteroatoms. The van der Waals surface area contributed by atoms with Gasteiger partial charge in [0.25, 0.3) is 11.8 Å². The second-order valence-electron chi connectivity index (χ2n) is 4.61. The van der Waals surface area contributed by atoms with E-state index in [-0.39, 0.29) is 24.2 Å². The summed E-state index contributed by atoms with van der Waals surface area (Å²) in [6.07, 6.45) is -0.494. The van der Waals surface area contributed by atoms with Crippen molar-refractivity contribution < 1.29 is 14.3 Å². The Morgan fingerprint density at radius 1 is 1.38 bits per heavy atom. The van der Waals surface area contributed by atoms with E-state index >= 15 is 0 Å². The van der Waals surface area contributed by atoms with Crippen molar-refractivity contribution in [2.45, 2.75) is 13.0 Å². The third-order valence-electron chi connectivity index (χ3n) is 3.28. The summed E-state index contributed by atoms with van der Waals surface area (Å²) >= 11 is 0. The van der Waals surface area contributed by atoms with Gasteiger partial charge in [0.15, 0.2) is 0 Å². The van der Waals surface area contributed by atoms with Gasteiger partial charge in [0.2, 0.25) is 0 Å². The summed E-state index contributed by atoms with van der Waals surface area (Å²) in [6, 6.07) is 5.24. The molecule has 3 N–H and O–H groups in total. The van der Waals surface area contributed by atoms with Gasteiger partial charge in [0.05, 0.1) is 6.61 Å². The minimum atomic E-state index is -0.494. The molecule has 0 radical (unpaired) electrons. The van der Waals surface area contributed by atoms with Gasteiger partial charge >= 0.3 is 0 Å². The van der Waals surface area contributed by atoms with E-state index in [1.807, 2.05) is 0 Å². The molecule has 21 heavy (non-hydrogen) atoms. The highest BCUT2D eigenvalue weighted by atomic mass is 35.5. The molecule has 1 fully saturated rings. The first-order valence-corrected chi connectivity index (χ1v) is 6.58. The number of hydrogen-bond donors (Lipinski definition) is 3. The predicted octanol–water partition coefficient (Wildman–Crippen LogP) is 0.703. The van der Waals surface area contributed by atoms with Gasteiger partial charge < -0.3 is 20.7 Å². The number of nitrogens with one attached hydrogen (secondary N) is 3. The van der Waals surface area contributed by atoms with Crippen LogP contribution in [0.1, 0.15) is 15.9 Å². The molecule has 0 bridgehead atoms. The van der Waals surface area contributed by atoms with Gasteiger partial charge in [-0.15, -0.1) is 12.4 Å². The SMILES string of the molecule is CNC(=O)c1cccc(NC(=O)C2CNCCO2)c1C.Cl.